The van der Waals surface area contributed by atoms with Crippen molar-refractivity contribution in [1.82, 2.24) is 15.5 Å². The number of aliphatic imine (C=N–C) groups is 1. The van der Waals surface area contributed by atoms with Crippen LogP contribution in [0.25, 0.3) is 0 Å². The van der Waals surface area contributed by atoms with Crippen LogP contribution in [0.4, 0.5) is 0 Å². The van der Waals surface area contributed by atoms with Crippen LogP contribution in [0.3, 0.4) is 0 Å². The Bertz CT molecular complexity index is 276. The average Bonchev–Trinajstić information content (AvgIpc) is 2.84. The number of methoxy groups -OCH3 is 1. The molecule has 0 spiro atoms. The van der Waals surface area contributed by atoms with Crippen molar-refractivity contribution in [2.24, 2.45) is 10.9 Å². The van der Waals surface area contributed by atoms with Crippen LogP contribution >= 0.6 is 24.0 Å². The minimum Gasteiger partial charge on any atom is -0.383 e. The second-order valence-corrected chi connectivity index (χ2v) is 5.27. The summed E-state index contributed by atoms with van der Waals surface area (Å²) in [6, 6.07) is 0.276. The minimum atomic E-state index is 0. The Morgan fingerprint density at radius 1 is 1.45 bits per heavy atom. The van der Waals surface area contributed by atoms with Crippen molar-refractivity contribution in [3.05, 3.63) is 0 Å². The molecule has 1 aliphatic rings. The Labute approximate surface area is 140 Å². The quantitative estimate of drug-likeness (QED) is 0.388. The Hall–Kier alpha value is -0.0800. The van der Waals surface area contributed by atoms with Gasteiger partial charge in [-0.15, -0.1) is 24.0 Å². The molecule has 0 aromatic rings. The molecule has 2 N–H and O–H groups in total. The Balaban J connectivity index is 0.00000361. The van der Waals surface area contributed by atoms with Gasteiger partial charge in [0.25, 0.3) is 0 Å². The van der Waals surface area contributed by atoms with Crippen LogP contribution in [0, 0.1) is 5.92 Å². The fraction of sp³-hybridized carbons (Fsp3) is 0.929. The molecule has 6 heteroatoms. The molecule has 0 saturated carbocycles. The molecular formula is C14H31IN4O. The van der Waals surface area contributed by atoms with E-state index in [9.17, 15) is 0 Å². The van der Waals surface area contributed by atoms with E-state index >= 15 is 0 Å². The number of rotatable bonds is 7. The van der Waals surface area contributed by atoms with Gasteiger partial charge in [0.2, 0.25) is 0 Å². The fourth-order valence-corrected chi connectivity index (χ4v) is 2.41. The summed E-state index contributed by atoms with van der Waals surface area (Å²) < 4.78 is 5.14. The summed E-state index contributed by atoms with van der Waals surface area (Å²) in [5.41, 5.74) is 0. The summed E-state index contributed by atoms with van der Waals surface area (Å²) in [5, 5.41) is 6.66. The molecule has 0 aromatic heterocycles. The molecule has 2 atom stereocenters. The largest absolute Gasteiger partial charge is 0.383 e. The van der Waals surface area contributed by atoms with Crippen molar-refractivity contribution in [3.8, 4) is 0 Å². The molecular weight excluding hydrogens is 367 g/mol. The molecule has 2 unspecified atom stereocenters. The third kappa shape index (κ3) is 7.64. The molecule has 1 heterocycles. The lowest BCUT2D eigenvalue weighted by Crippen LogP contribution is -2.44. The van der Waals surface area contributed by atoms with Crippen LogP contribution in [0.1, 0.15) is 27.2 Å². The van der Waals surface area contributed by atoms with Crippen molar-refractivity contribution in [1.29, 1.82) is 0 Å². The van der Waals surface area contributed by atoms with E-state index in [1.54, 1.807) is 7.11 Å². The number of nitrogens with zero attached hydrogens (tertiary/aromatic N) is 2. The molecule has 1 saturated heterocycles. The minimum absolute atomic E-state index is 0. The average molecular weight is 398 g/mol. The second-order valence-electron chi connectivity index (χ2n) is 5.27. The Morgan fingerprint density at radius 3 is 2.75 bits per heavy atom. The zero-order chi connectivity index (χ0) is 14.1. The van der Waals surface area contributed by atoms with Gasteiger partial charge in [0.15, 0.2) is 5.96 Å². The standard InChI is InChI=1S/C14H30N4O.HI/c1-5-15-14(17-12(3)11-19-4)16-9-13-7-8-18(6-2)10-13;/h12-13H,5-11H2,1-4H3,(H2,15,16,17);1H. The summed E-state index contributed by atoms with van der Waals surface area (Å²) in [7, 11) is 1.72. The van der Waals surface area contributed by atoms with Crippen molar-refractivity contribution >= 4 is 29.9 Å². The number of likely N-dealkylation sites (tertiary alicyclic amines) is 1. The van der Waals surface area contributed by atoms with Crippen molar-refractivity contribution in [3.63, 3.8) is 0 Å². The van der Waals surface area contributed by atoms with Gasteiger partial charge in [-0.2, -0.15) is 0 Å². The number of hydrogen-bond acceptors (Lipinski definition) is 3. The normalized spacial score (nSPS) is 21.4. The zero-order valence-electron chi connectivity index (χ0n) is 13.3. The van der Waals surface area contributed by atoms with E-state index in [0.717, 1.165) is 25.6 Å². The van der Waals surface area contributed by atoms with Crippen molar-refractivity contribution in [2.45, 2.75) is 33.2 Å². The van der Waals surface area contributed by atoms with E-state index in [4.69, 9.17) is 9.73 Å². The molecule has 120 valence electrons. The highest BCUT2D eigenvalue weighted by atomic mass is 127. The molecule has 0 bridgehead atoms. The summed E-state index contributed by atoms with van der Waals surface area (Å²) in [6.45, 7) is 12.5. The molecule has 20 heavy (non-hydrogen) atoms. The summed E-state index contributed by atoms with van der Waals surface area (Å²) in [4.78, 5) is 7.19. The van der Waals surface area contributed by atoms with E-state index in [0.29, 0.717) is 12.5 Å². The lowest BCUT2D eigenvalue weighted by atomic mass is 10.1. The first kappa shape index (κ1) is 19.9. The smallest absolute Gasteiger partial charge is 0.191 e. The van der Waals surface area contributed by atoms with Gasteiger partial charge in [-0.3, -0.25) is 4.99 Å². The van der Waals surface area contributed by atoms with Crippen LogP contribution in [0.5, 0.6) is 0 Å². The highest BCUT2D eigenvalue weighted by Gasteiger charge is 2.20. The van der Waals surface area contributed by atoms with E-state index in [-0.39, 0.29) is 30.0 Å². The van der Waals surface area contributed by atoms with E-state index < -0.39 is 0 Å². The first-order valence-corrected chi connectivity index (χ1v) is 7.45. The van der Waals surface area contributed by atoms with Crippen molar-refractivity contribution in [2.75, 3.05) is 46.4 Å². The molecule has 0 amide bonds. The predicted molar refractivity (Wildman–Crippen MR) is 96.1 cm³/mol. The lowest BCUT2D eigenvalue weighted by Gasteiger charge is -2.18. The molecule has 1 rings (SSSR count). The summed E-state index contributed by atoms with van der Waals surface area (Å²) >= 11 is 0. The van der Waals surface area contributed by atoms with Crippen LogP contribution in [0.15, 0.2) is 4.99 Å². The number of nitrogens with one attached hydrogen (secondary N) is 2. The second kappa shape index (κ2) is 11.6. The molecule has 0 aromatic carbocycles. The van der Waals surface area contributed by atoms with Gasteiger partial charge in [0.1, 0.15) is 0 Å². The van der Waals surface area contributed by atoms with Gasteiger partial charge in [-0.1, -0.05) is 6.92 Å². The zero-order valence-corrected chi connectivity index (χ0v) is 15.6. The lowest BCUT2D eigenvalue weighted by molar-refractivity contribution is 0.179. The predicted octanol–water partition coefficient (Wildman–Crippen LogP) is 1.54. The van der Waals surface area contributed by atoms with E-state index in [1.165, 1.54) is 19.5 Å². The van der Waals surface area contributed by atoms with Gasteiger partial charge in [-0.05, 0) is 39.3 Å². The maximum absolute atomic E-state index is 5.14. The Kier molecular flexibility index (Phi) is 11.5. The molecule has 0 aliphatic carbocycles. The van der Waals surface area contributed by atoms with Gasteiger partial charge >= 0.3 is 0 Å². The number of guanidine groups is 1. The number of ether oxygens (including phenoxy) is 1. The molecule has 1 aliphatic heterocycles. The van der Waals surface area contributed by atoms with E-state index in [2.05, 4.69) is 36.3 Å². The summed E-state index contributed by atoms with van der Waals surface area (Å²) in [5.74, 6) is 1.61. The highest BCUT2D eigenvalue weighted by molar-refractivity contribution is 14.0. The maximum atomic E-state index is 5.14. The van der Waals surface area contributed by atoms with Gasteiger partial charge in [0.05, 0.1) is 6.61 Å². The third-order valence-corrected chi connectivity index (χ3v) is 3.47. The van der Waals surface area contributed by atoms with Crippen LogP contribution < -0.4 is 10.6 Å². The van der Waals surface area contributed by atoms with Crippen LogP contribution in [-0.2, 0) is 4.74 Å². The third-order valence-electron chi connectivity index (χ3n) is 3.47. The number of hydrogen-bond donors (Lipinski definition) is 2. The first-order chi connectivity index (χ1) is 9.19. The van der Waals surface area contributed by atoms with Crippen LogP contribution in [-0.4, -0.2) is 63.3 Å². The van der Waals surface area contributed by atoms with Gasteiger partial charge in [-0.25, -0.2) is 0 Å². The molecule has 1 fully saturated rings. The number of halogens is 1. The van der Waals surface area contributed by atoms with Gasteiger partial charge < -0.3 is 20.3 Å². The highest BCUT2D eigenvalue weighted by Crippen LogP contribution is 2.15. The Morgan fingerprint density at radius 2 is 2.20 bits per heavy atom. The fourth-order valence-electron chi connectivity index (χ4n) is 2.41. The molecule has 5 nitrogen and oxygen atoms in total. The topological polar surface area (TPSA) is 48.9 Å². The molecule has 0 radical (unpaired) electrons. The van der Waals surface area contributed by atoms with Crippen LogP contribution in [0.2, 0.25) is 0 Å². The van der Waals surface area contributed by atoms with Gasteiger partial charge in [0, 0.05) is 32.8 Å². The monoisotopic (exact) mass is 398 g/mol. The summed E-state index contributed by atoms with van der Waals surface area (Å²) in [6.07, 6.45) is 1.27. The van der Waals surface area contributed by atoms with E-state index in [1.807, 2.05) is 0 Å². The van der Waals surface area contributed by atoms with Crippen molar-refractivity contribution < 1.29 is 4.74 Å². The SMILES string of the molecule is CCNC(=NCC1CCN(CC)C1)NC(C)COC.I. The first-order valence-electron chi connectivity index (χ1n) is 7.45. The maximum Gasteiger partial charge on any atom is 0.191 e.